The highest BCUT2D eigenvalue weighted by atomic mass is 16.2. The number of carbonyl (C=O) groups is 2. The SMILES string of the molecule is CC(N)C(=O)N1C(=O)Cc2cc(CN)ccc21. The smallest absolute Gasteiger partial charge is 0.250 e. The topological polar surface area (TPSA) is 89.4 Å². The van der Waals surface area contributed by atoms with Gasteiger partial charge in [0.25, 0.3) is 0 Å². The van der Waals surface area contributed by atoms with Crippen LogP contribution in [0.25, 0.3) is 0 Å². The van der Waals surface area contributed by atoms with Crippen LogP contribution < -0.4 is 16.4 Å². The summed E-state index contributed by atoms with van der Waals surface area (Å²) < 4.78 is 0. The van der Waals surface area contributed by atoms with Gasteiger partial charge in [-0.3, -0.25) is 9.59 Å². The lowest BCUT2D eigenvalue weighted by atomic mass is 10.1. The van der Waals surface area contributed by atoms with E-state index in [0.717, 1.165) is 11.1 Å². The van der Waals surface area contributed by atoms with Gasteiger partial charge in [0.05, 0.1) is 18.2 Å². The van der Waals surface area contributed by atoms with Gasteiger partial charge in [0.1, 0.15) is 0 Å². The van der Waals surface area contributed by atoms with E-state index in [0.29, 0.717) is 12.2 Å². The maximum Gasteiger partial charge on any atom is 0.250 e. The van der Waals surface area contributed by atoms with Gasteiger partial charge in [-0.2, -0.15) is 0 Å². The predicted octanol–water partition coefficient (Wildman–Crippen LogP) is -0.0918. The summed E-state index contributed by atoms with van der Waals surface area (Å²) in [5.74, 6) is -0.592. The minimum absolute atomic E-state index is 0.225. The van der Waals surface area contributed by atoms with Crippen LogP contribution in [0, 0.1) is 0 Å². The van der Waals surface area contributed by atoms with Gasteiger partial charge in [-0.15, -0.1) is 0 Å². The van der Waals surface area contributed by atoms with Crippen LogP contribution in [0.4, 0.5) is 5.69 Å². The van der Waals surface area contributed by atoms with Gasteiger partial charge in [0.2, 0.25) is 11.8 Å². The Kier molecular flexibility index (Phi) is 2.95. The number of nitrogens with two attached hydrogens (primary N) is 2. The van der Waals surface area contributed by atoms with E-state index in [1.165, 1.54) is 4.90 Å². The average Bonchev–Trinajstić information content (AvgIpc) is 2.62. The third-order valence-electron chi connectivity index (χ3n) is 2.82. The fourth-order valence-corrected chi connectivity index (χ4v) is 1.95. The number of amides is 2. The zero-order chi connectivity index (χ0) is 12.6. The van der Waals surface area contributed by atoms with Crippen LogP contribution in [-0.2, 0) is 22.6 Å². The zero-order valence-electron chi connectivity index (χ0n) is 9.64. The molecule has 2 amide bonds. The number of benzene rings is 1. The molecule has 1 aliphatic rings. The number of anilines is 1. The lowest BCUT2D eigenvalue weighted by molar-refractivity contribution is -0.126. The number of hydrogen-bond acceptors (Lipinski definition) is 4. The monoisotopic (exact) mass is 233 g/mol. The molecule has 0 saturated heterocycles. The number of rotatable bonds is 2. The second-order valence-electron chi connectivity index (χ2n) is 4.20. The number of nitrogens with zero attached hydrogens (tertiary/aromatic N) is 1. The number of imide groups is 1. The van der Waals surface area contributed by atoms with Gasteiger partial charge in [-0.25, -0.2) is 4.90 Å². The molecule has 17 heavy (non-hydrogen) atoms. The summed E-state index contributed by atoms with van der Waals surface area (Å²) in [7, 11) is 0. The molecule has 0 radical (unpaired) electrons. The lowest BCUT2D eigenvalue weighted by Gasteiger charge is -2.17. The van der Waals surface area contributed by atoms with Crippen LogP contribution in [0.2, 0.25) is 0 Å². The van der Waals surface area contributed by atoms with Gasteiger partial charge < -0.3 is 11.5 Å². The Labute approximate surface area is 99.4 Å². The number of hydrogen-bond donors (Lipinski definition) is 2. The molecule has 90 valence electrons. The molecule has 1 aromatic carbocycles. The minimum Gasteiger partial charge on any atom is -0.326 e. The van der Waals surface area contributed by atoms with Crippen molar-refractivity contribution in [2.24, 2.45) is 11.5 Å². The summed E-state index contributed by atoms with van der Waals surface area (Å²) in [6.07, 6.45) is 0.238. The first kappa shape index (κ1) is 11.8. The fraction of sp³-hybridized carbons (Fsp3) is 0.333. The van der Waals surface area contributed by atoms with Gasteiger partial charge in [-0.05, 0) is 24.1 Å². The third kappa shape index (κ3) is 1.94. The maximum absolute atomic E-state index is 11.8. The van der Waals surface area contributed by atoms with E-state index in [9.17, 15) is 9.59 Å². The largest absolute Gasteiger partial charge is 0.326 e. The summed E-state index contributed by atoms with van der Waals surface area (Å²) in [4.78, 5) is 24.8. The van der Waals surface area contributed by atoms with Crippen LogP contribution in [0.15, 0.2) is 18.2 Å². The van der Waals surface area contributed by atoms with E-state index in [1.807, 2.05) is 12.1 Å². The number of carbonyl (C=O) groups excluding carboxylic acids is 2. The minimum atomic E-state index is -0.681. The van der Waals surface area contributed by atoms with Crippen LogP contribution in [0.3, 0.4) is 0 Å². The van der Waals surface area contributed by atoms with E-state index in [-0.39, 0.29) is 18.2 Å². The second kappa shape index (κ2) is 4.27. The van der Waals surface area contributed by atoms with Crippen molar-refractivity contribution in [3.8, 4) is 0 Å². The van der Waals surface area contributed by atoms with E-state index in [2.05, 4.69) is 0 Å². The Bertz CT molecular complexity index is 483. The van der Waals surface area contributed by atoms with Crippen molar-refractivity contribution in [3.63, 3.8) is 0 Å². The molecule has 2 rings (SSSR count). The zero-order valence-corrected chi connectivity index (χ0v) is 9.64. The van der Waals surface area contributed by atoms with E-state index in [1.54, 1.807) is 13.0 Å². The Balaban J connectivity index is 2.41. The molecular formula is C12H15N3O2. The Hall–Kier alpha value is -1.72. The molecule has 0 bridgehead atoms. The van der Waals surface area contributed by atoms with Crippen molar-refractivity contribution >= 4 is 17.5 Å². The predicted molar refractivity (Wildman–Crippen MR) is 64.2 cm³/mol. The summed E-state index contributed by atoms with van der Waals surface area (Å²) in [5.41, 5.74) is 13.5. The molecule has 1 heterocycles. The van der Waals surface area contributed by atoms with Gasteiger partial charge in [0.15, 0.2) is 0 Å². The van der Waals surface area contributed by atoms with Crippen LogP contribution in [0.5, 0.6) is 0 Å². The normalized spacial score (nSPS) is 15.9. The van der Waals surface area contributed by atoms with Crippen molar-refractivity contribution < 1.29 is 9.59 Å². The summed E-state index contributed by atoms with van der Waals surface area (Å²) >= 11 is 0. The third-order valence-corrected chi connectivity index (χ3v) is 2.82. The van der Waals surface area contributed by atoms with Crippen molar-refractivity contribution in [2.75, 3.05) is 4.90 Å². The van der Waals surface area contributed by atoms with Gasteiger partial charge in [0, 0.05) is 6.54 Å². The molecule has 0 aliphatic carbocycles. The lowest BCUT2D eigenvalue weighted by Crippen LogP contribution is -2.43. The van der Waals surface area contributed by atoms with Crippen molar-refractivity contribution in [2.45, 2.75) is 25.9 Å². The quantitative estimate of drug-likeness (QED) is 0.747. The molecule has 1 unspecified atom stereocenters. The first-order valence-corrected chi connectivity index (χ1v) is 5.49. The van der Waals surface area contributed by atoms with E-state index < -0.39 is 6.04 Å². The molecule has 1 atom stereocenters. The van der Waals surface area contributed by atoms with Crippen LogP contribution in [0.1, 0.15) is 18.1 Å². The van der Waals surface area contributed by atoms with Crippen molar-refractivity contribution in [1.82, 2.24) is 0 Å². The Morgan fingerprint density at radius 1 is 1.53 bits per heavy atom. The van der Waals surface area contributed by atoms with Crippen molar-refractivity contribution in [1.29, 1.82) is 0 Å². The van der Waals surface area contributed by atoms with Gasteiger partial charge in [-0.1, -0.05) is 12.1 Å². The first-order chi connectivity index (χ1) is 8.04. The molecule has 0 saturated carbocycles. The average molecular weight is 233 g/mol. The summed E-state index contributed by atoms with van der Waals surface area (Å²) in [5, 5.41) is 0. The molecule has 0 spiro atoms. The Morgan fingerprint density at radius 2 is 2.24 bits per heavy atom. The molecule has 1 aliphatic heterocycles. The molecule has 4 N–H and O–H groups in total. The standard InChI is InChI=1S/C12H15N3O2/c1-7(14)12(17)15-10-3-2-8(6-13)4-9(10)5-11(15)16/h2-4,7H,5-6,13-14H2,1H3. The highest BCUT2D eigenvalue weighted by molar-refractivity contribution is 6.20. The molecule has 1 aromatic rings. The molecular weight excluding hydrogens is 218 g/mol. The molecule has 0 fully saturated rings. The summed E-state index contributed by atoms with van der Waals surface area (Å²) in [6, 6.07) is 4.75. The fourth-order valence-electron chi connectivity index (χ4n) is 1.95. The Morgan fingerprint density at radius 3 is 2.82 bits per heavy atom. The second-order valence-corrected chi connectivity index (χ2v) is 4.20. The van der Waals surface area contributed by atoms with E-state index >= 15 is 0 Å². The molecule has 5 nitrogen and oxygen atoms in total. The van der Waals surface area contributed by atoms with E-state index in [4.69, 9.17) is 11.5 Å². The first-order valence-electron chi connectivity index (χ1n) is 5.49. The van der Waals surface area contributed by atoms with Crippen molar-refractivity contribution in [3.05, 3.63) is 29.3 Å². The highest BCUT2D eigenvalue weighted by Gasteiger charge is 2.33. The molecule has 0 aromatic heterocycles. The van der Waals surface area contributed by atoms with Crippen LogP contribution in [-0.4, -0.2) is 17.9 Å². The van der Waals surface area contributed by atoms with Crippen LogP contribution >= 0.6 is 0 Å². The summed E-state index contributed by atoms with van der Waals surface area (Å²) in [6.45, 7) is 1.99. The maximum atomic E-state index is 11.8. The number of fused-ring (bicyclic) bond motifs is 1. The molecule has 5 heteroatoms. The van der Waals surface area contributed by atoms with Gasteiger partial charge >= 0.3 is 0 Å². The highest BCUT2D eigenvalue weighted by Crippen LogP contribution is 2.30.